The Labute approximate surface area is 233 Å². The number of Topliss-reactive ketones (excluding diaryl/α,β-unsaturated/α-hetero) is 1. The molecule has 3 fully saturated rings. The first kappa shape index (κ1) is 27.7. The topological polar surface area (TPSA) is 201 Å². The van der Waals surface area contributed by atoms with E-state index in [4.69, 9.17) is 19.2 Å². The molecule has 3 aliphatic carbocycles. The van der Waals surface area contributed by atoms with Gasteiger partial charge in [0, 0.05) is 36.0 Å². The molecular formula is C28H29NO12. The van der Waals surface area contributed by atoms with Crippen LogP contribution in [0.1, 0.15) is 68.3 Å². The fourth-order valence-electron chi connectivity index (χ4n) is 6.55. The summed E-state index contributed by atoms with van der Waals surface area (Å²) in [5.41, 5.74) is -4.44. The number of hydrogen-bond donors (Lipinski definition) is 6. The summed E-state index contributed by atoms with van der Waals surface area (Å²) in [6.07, 6.45) is -4.08. The fourth-order valence-corrected chi connectivity index (χ4v) is 6.55. The second-order valence-electron chi connectivity index (χ2n) is 10.9. The number of aliphatic hydroxyl groups is 3. The third-order valence-corrected chi connectivity index (χ3v) is 8.86. The van der Waals surface area contributed by atoms with Crippen molar-refractivity contribution in [1.82, 2.24) is 5.32 Å². The van der Waals surface area contributed by atoms with E-state index >= 15 is 0 Å². The lowest BCUT2D eigenvalue weighted by atomic mass is 9.67. The zero-order chi connectivity index (χ0) is 29.4. The highest BCUT2D eigenvalue weighted by molar-refractivity contribution is 6.31. The smallest absolute Gasteiger partial charge is 0.202 e. The highest BCUT2D eigenvalue weighted by atomic mass is 17.2. The predicted molar refractivity (Wildman–Crippen MR) is 136 cm³/mol. The van der Waals surface area contributed by atoms with E-state index in [9.17, 15) is 39.9 Å². The van der Waals surface area contributed by atoms with Crippen LogP contribution < -0.4 is 10.1 Å². The van der Waals surface area contributed by atoms with E-state index < -0.39 is 95.2 Å². The molecule has 2 bridgehead atoms. The molecule has 41 heavy (non-hydrogen) atoms. The van der Waals surface area contributed by atoms with Crippen molar-refractivity contribution in [1.29, 1.82) is 0 Å². The number of aliphatic hydroxyl groups excluding tert-OH is 2. The average Bonchev–Trinajstić information content (AvgIpc) is 2.98. The summed E-state index contributed by atoms with van der Waals surface area (Å²) >= 11 is 0. The fraction of sp³-hybridized carbons (Fsp3) is 0.464. The summed E-state index contributed by atoms with van der Waals surface area (Å²) in [5, 5.41) is 57.0. The number of methoxy groups -OCH3 is 1. The van der Waals surface area contributed by atoms with Crippen molar-refractivity contribution in [2.75, 3.05) is 20.8 Å². The monoisotopic (exact) mass is 571 g/mol. The van der Waals surface area contributed by atoms with Gasteiger partial charge in [-0.1, -0.05) is 12.1 Å². The Bertz CT molecular complexity index is 1490. The van der Waals surface area contributed by atoms with E-state index in [0.29, 0.717) is 6.42 Å². The maximum atomic E-state index is 13.7. The number of fused-ring (bicyclic) bond motifs is 5. The van der Waals surface area contributed by atoms with E-state index in [1.165, 1.54) is 25.3 Å². The third-order valence-electron chi connectivity index (χ3n) is 8.86. The summed E-state index contributed by atoms with van der Waals surface area (Å²) in [4.78, 5) is 50.9. The normalized spacial score (nSPS) is 31.5. The van der Waals surface area contributed by atoms with Gasteiger partial charge < -0.3 is 40.3 Å². The first-order chi connectivity index (χ1) is 19.5. The predicted octanol–water partition coefficient (Wildman–Crippen LogP) is -0.0524. The Hall–Kier alpha value is -3.43. The molecule has 5 aliphatic rings. The molecule has 0 aromatic heterocycles. The number of carbonyl (C=O) groups excluding carboxylic acids is 3. The number of nitrogens with one attached hydrogen (secondary N) is 1. The zero-order valence-corrected chi connectivity index (χ0v) is 22.2. The van der Waals surface area contributed by atoms with E-state index in [1.54, 1.807) is 7.05 Å². The summed E-state index contributed by atoms with van der Waals surface area (Å²) in [7, 11) is 3.01. The van der Waals surface area contributed by atoms with Crippen LogP contribution in [0.2, 0.25) is 0 Å². The lowest BCUT2D eigenvalue weighted by Gasteiger charge is -2.57. The first-order valence-electron chi connectivity index (χ1n) is 13.1. The van der Waals surface area contributed by atoms with Crippen molar-refractivity contribution in [2.45, 2.75) is 61.4 Å². The van der Waals surface area contributed by atoms with Crippen molar-refractivity contribution < 1.29 is 59.2 Å². The molecule has 2 saturated heterocycles. The van der Waals surface area contributed by atoms with Crippen LogP contribution in [0.5, 0.6) is 17.2 Å². The first-order valence-corrected chi connectivity index (χ1v) is 13.1. The number of benzene rings is 2. The van der Waals surface area contributed by atoms with Crippen molar-refractivity contribution in [3.8, 4) is 17.2 Å². The molecule has 13 nitrogen and oxygen atoms in total. The number of ether oxygens (including phenoxy) is 2. The number of ketones is 3. The van der Waals surface area contributed by atoms with Crippen LogP contribution in [0.15, 0.2) is 18.2 Å². The van der Waals surface area contributed by atoms with Gasteiger partial charge in [0.1, 0.15) is 35.6 Å². The van der Waals surface area contributed by atoms with Crippen LogP contribution in [0.4, 0.5) is 0 Å². The second kappa shape index (κ2) is 9.56. The number of rotatable bonds is 7. The molecule has 7 rings (SSSR count). The summed E-state index contributed by atoms with van der Waals surface area (Å²) in [6.45, 7) is -1.03. The molecule has 2 aromatic rings. The van der Waals surface area contributed by atoms with E-state index in [1.807, 2.05) is 0 Å². The van der Waals surface area contributed by atoms with Gasteiger partial charge in [0.05, 0.1) is 41.5 Å². The Morgan fingerprint density at radius 1 is 1.07 bits per heavy atom. The molecule has 2 heterocycles. The Morgan fingerprint density at radius 3 is 2.46 bits per heavy atom. The van der Waals surface area contributed by atoms with Crippen molar-refractivity contribution >= 4 is 17.3 Å². The molecular weight excluding hydrogens is 542 g/mol. The second-order valence-corrected chi connectivity index (χ2v) is 10.9. The molecule has 0 spiro atoms. The van der Waals surface area contributed by atoms with Crippen molar-refractivity contribution in [2.24, 2.45) is 0 Å². The van der Waals surface area contributed by atoms with E-state index in [0.717, 1.165) is 0 Å². The SMILES string of the molecule is CNC12CC(O[C@@H](OO[C@@H]3CC(O)(C(=O)CO)Cc4c(O)c5c(c(O)c43)C(=O)c3c(OC)cccc3C5=O)C1)[C@H]2O. The van der Waals surface area contributed by atoms with E-state index in [-0.39, 0.29) is 34.4 Å². The van der Waals surface area contributed by atoms with Crippen molar-refractivity contribution in [3.63, 3.8) is 0 Å². The van der Waals surface area contributed by atoms with Crippen LogP contribution in [0.25, 0.3) is 0 Å². The number of aromatic hydroxyl groups is 2. The summed E-state index contributed by atoms with van der Waals surface area (Å²) < 4.78 is 11.0. The minimum Gasteiger partial charge on any atom is -0.507 e. The molecule has 6 atom stereocenters. The maximum absolute atomic E-state index is 13.7. The van der Waals surface area contributed by atoms with Crippen LogP contribution in [0, 0.1) is 0 Å². The van der Waals surface area contributed by atoms with Gasteiger partial charge in [-0.2, -0.15) is 0 Å². The Kier molecular flexibility index (Phi) is 6.46. The van der Waals surface area contributed by atoms with Crippen LogP contribution >= 0.6 is 0 Å². The largest absolute Gasteiger partial charge is 0.507 e. The van der Waals surface area contributed by atoms with Crippen LogP contribution in [-0.4, -0.2) is 93.3 Å². The maximum Gasteiger partial charge on any atom is 0.202 e. The lowest BCUT2D eigenvalue weighted by molar-refractivity contribution is -0.440. The van der Waals surface area contributed by atoms with Crippen LogP contribution in [-0.2, 0) is 25.7 Å². The summed E-state index contributed by atoms with van der Waals surface area (Å²) in [6, 6.07) is 4.36. The average molecular weight is 572 g/mol. The Balaban J connectivity index is 1.43. The minimum absolute atomic E-state index is 0.0567. The van der Waals surface area contributed by atoms with Gasteiger partial charge in [0.15, 0.2) is 17.9 Å². The molecule has 2 aromatic carbocycles. The Morgan fingerprint density at radius 2 is 1.80 bits per heavy atom. The number of carbonyl (C=O) groups is 3. The van der Waals surface area contributed by atoms with Gasteiger partial charge >= 0.3 is 0 Å². The highest BCUT2D eigenvalue weighted by Crippen LogP contribution is 2.52. The highest BCUT2D eigenvalue weighted by Gasteiger charge is 2.60. The molecule has 2 aliphatic heterocycles. The molecule has 1 saturated carbocycles. The zero-order valence-electron chi connectivity index (χ0n) is 22.2. The van der Waals surface area contributed by atoms with Gasteiger partial charge in [-0.15, -0.1) is 0 Å². The number of phenols is 2. The van der Waals surface area contributed by atoms with Crippen LogP contribution in [0.3, 0.4) is 0 Å². The quantitative estimate of drug-likeness (QED) is 0.125. The third kappa shape index (κ3) is 3.85. The van der Waals surface area contributed by atoms with Gasteiger partial charge in [0.2, 0.25) is 5.78 Å². The molecule has 13 heteroatoms. The van der Waals surface area contributed by atoms with Gasteiger partial charge in [-0.3, -0.25) is 14.4 Å². The minimum atomic E-state index is -2.27. The van der Waals surface area contributed by atoms with Crippen molar-refractivity contribution in [3.05, 3.63) is 51.6 Å². The molecule has 0 amide bonds. The molecule has 0 radical (unpaired) electrons. The standard InChI is InChI=1S/C28H29NO12/c1-29-27-7-15(26(27)36)39-17(9-27)41-40-14-8-28(37,16(31)10-30)6-12-19(14)25(35)21-20(23(12)33)22(32)11-4-3-5-13(38-2)18(11)24(21)34/h3-5,14-15,17,26,29-30,33,35-37H,6-10H2,1-2H3/t14-,15?,17+,26-,27?,28?/m1/s1. The molecule has 218 valence electrons. The lowest BCUT2D eigenvalue weighted by Crippen LogP contribution is -2.74. The van der Waals surface area contributed by atoms with Gasteiger partial charge in [-0.25, -0.2) is 9.78 Å². The van der Waals surface area contributed by atoms with E-state index in [2.05, 4.69) is 5.32 Å². The van der Waals surface area contributed by atoms with Gasteiger partial charge in [0.25, 0.3) is 0 Å². The molecule has 6 N–H and O–H groups in total. The molecule has 3 unspecified atom stereocenters. The van der Waals surface area contributed by atoms with Gasteiger partial charge in [-0.05, 0) is 19.5 Å². The number of hydrogen-bond acceptors (Lipinski definition) is 13. The number of likely N-dealkylation sites (N-methyl/N-ethyl adjacent to an activating group) is 1. The summed E-state index contributed by atoms with van der Waals surface area (Å²) in [5.74, 6) is -3.86. The number of phenolic OH excluding ortho intramolecular Hbond substituents is 2.